The van der Waals surface area contributed by atoms with Crippen molar-refractivity contribution in [3.8, 4) is 78.5 Å². The first-order valence-electron chi connectivity index (χ1n) is 26.9. The Hall–Kier alpha value is -8.65. The van der Waals surface area contributed by atoms with Crippen LogP contribution in [0.15, 0.2) is 152 Å². The maximum Gasteiger partial charge on any atom is 0.333 e. The largest absolute Gasteiger partial charge is 0.375 e. The molecule has 76 heavy (non-hydrogen) atoms. The van der Waals surface area contributed by atoms with Gasteiger partial charge in [0.25, 0.3) is 0 Å². The summed E-state index contributed by atoms with van der Waals surface area (Å²) in [6.45, 7) is 24.7. The fraction of sp³-hybridized carbons (Fsp3) is 0.153. The number of fused-ring (bicyclic) bond motifs is 10. The number of nitriles is 1. The summed E-state index contributed by atoms with van der Waals surface area (Å²) in [5.41, 5.74) is 38.5. The van der Waals surface area contributed by atoms with Crippen LogP contribution in [0.4, 0.5) is 0 Å². The lowest BCUT2D eigenvalue weighted by molar-refractivity contribution is 1.17. The molecule has 0 atom stereocenters. The maximum atomic E-state index is 10.0. The Morgan fingerprint density at radius 2 is 0.842 bits per heavy atom. The molecule has 0 saturated heterocycles. The van der Waals surface area contributed by atoms with E-state index in [-0.39, 0.29) is 6.85 Å². The van der Waals surface area contributed by atoms with Crippen LogP contribution in [0.2, 0.25) is 0 Å². The van der Waals surface area contributed by atoms with Crippen LogP contribution < -0.4 is 10.9 Å². The third-order valence-corrected chi connectivity index (χ3v) is 17.5. The number of nitrogens with zero attached hydrogens (tertiary/aromatic N) is 3. The minimum absolute atomic E-state index is 0.158. The Kier molecular flexibility index (Phi) is 9.93. The highest BCUT2D eigenvalue weighted by molar-refractivity contribution is 6.90. The molecule has 2 aromatic heterocycles. The molecular formula is C72H58BN3. The molecule has 14 rings (SSSR count). The maximum absolute atomic E-state index is 10.0. The van der Waals surface area contributed by atoms with E-state index in [1.165, 1.54) is 183 Å². The van der Waals surface area contributed by atoms with Crippen LogP contribution in [0, 0.1) is 87.5 Å². The molecule has 0 aliphatic carbocycles. The van der Waals surface area contributed by atoms with Crippen molar-refractivity contribution in [2.45, 2.75) is 76.2 Å². The third-order valence-electron chi connectivity index (χ3n) is 17.5. The van der Waals surface area contributed by atoms with Crippen molar-refractivity contribution in [1.29, 1.82) is 5.26 Å². The van der Waals surface area contributed by atoms with Gasteiger partial charge in [-0.3, -0.25) is 0 Å². The fourth-order valence-corrected chi connectivity index (χ4v) is 14.7. The number of benzene rings is 10. The zero-order chi connectivity index (χ0) is 52.3. The average Bonchev–Trinajstić information content (AvgIpc) is 4.02. The molecule has 3 nitrogen and oxygen atoms in total. The van der Waals surface area contributed by atoms with Crippen molar-refractivity contribution in [3.63, 3.8) is 0 Å². The molecule has 2 aliphatic heterocycles. The van der Waals surface area contributed by atoms with Crippen LogP contribution in [0.25, 0.3) is 116 Å². The van der Waals surface area contributed by atoms with Gasteiger partial charge in [-0.05, 0) is 259 Å². The number of hydrogen-bond donors (Lipinski definition) is 0. The lowest BCUT2D eigenvalue weighted by Gasteiger charge is -2.36. The molecule has 0 amide bonds. The van der Waals surface area contributed by atoms with E-state index >= 15 is 0 Å². The van der Waals surface area contributed by atoms with Crippen LogP contribution in [0.5, 0.6) is 0 Å². The highest BCUT2D eigenvalue weighted by Crippen LogP contribution is 2.50. The summed E-state index contributed by atoms with van der Waals surface area (Å²) < 4.78 is 5.37. The number of hydrogen-bond acceptors (Lipinski definition) is 1. The Morgan fingerprint density at radius 3 is 1.41 bits per heavy atom. The van der Waals surface area contributed by atoms with Gasteiger partial charge < -0.3 is 9.05 Å². The Balaban J connectivity index is 1.20. The van der Waals surface area contributed by atoms with Gasteiger partial charge in [0.1, 0.15) is 0 Å². The van der Waals surface area contributed by atoms with Crippen LogP contribution in [-0.2, 0) is 0 Å². The predicted molar refractivity (Wildman–Crippen MR) is 324 cm³/mol. The second kappa shape index (κ2) is 16.4. The minimum atomic E-state index is -0.158. The zero-order valence-electron chi connectivity index (χ0n) is 45.4. The molecule has 10 aromatic carbocycles. The number of rotatable bonds is 5. The normalized spacial score (nSPS) is 12.4. The highest BCUT2D eigenvalue weighted by Gasteiger charge is 2.43. The Labute approximate surface area is 446 Å². The first-order valence-corrected chi connectivity index (χ1v) is 26.9. The second-order valence-corrected chi connectivity index (χ2v) is 22.6. The molecule has 0 bridgehead atoms. The van der Waals surface area contributed by atoms with Crippen molar-refractivity contribution in [1.82, 2.24) is 9.05 Å². The van der Waals surface area contributed by atoms with Crippen molar-refractivity contribution in [2.24, 2.45) is 0 Å². The summed E-state index contributed by atoms with van der Waals surface area (Å²) in [5, 5.41) is 15.1. The van der Waals surface area contributed by atoms with Crippen LogP contribution in [0.3, 0.4) is 0 Å². The van der Waals surface area contributed by atoms with E-state index in [9.17, 15) is 5.26 Å². The van der Waals surface area contributed by atoms with Gasteiger partial charge >= 0.3 is 6.85 Å². The first-order chi connectivity index (χ1) is 36.7. The molecule has 364 valence electrons. The van der Waals surface area contributed by atoms with E-state index in [1.807, 2.05) is 12.1 Å². The molecule has 12 aromatic rings. The van der Waals surface area contributed by atoms with E-state index in [1.54, 1.807) is 0 Å². The monoisotopic (exact) mass is 975 g/mol. The minimum Gasteiger partial charge on any atom is -0.375 e. The first kappa shape index (κ1) is 45.9. The van der Waals surface area contributed by atoms with E-state index in [0.29, 0.717) is 5.56 Å². The van der Waals surface area contributed by atoms with Crippen molar-refractivity contribution in [2.75, 3.05) is 0 Å². The standard InChI is InChI=1S/C72H58BN3/c1-38-26-44(7)67(45(8)27-38)52-22-24-62-56(30-52)59-33-54(68-46(9)28-39(2)29-47(68)10)35-61-72(59)75(62)64-36-55(50-20-18-49(37-74)19-21-50)48(11)69-60-34-53(66-42(5)16-13-17-43(66)6)32-58-57-31-51(65-40(3)14-12-15-41(65)4)23-25-63(57)76(71(58)60)73(61)70(64)69/h12-36H,1-11H3. The predicted octanol–water partition coefficient (Wildman–Crippen LogP) is 17.4. The number of aryl methyl sites for hydroxylation is 10. The zero-order valence-corrected chi connectivity index (χ0v) is 45.4. The van der Waals surface area contributed by atoms with Gasteiger partial charge in [-0.2, -0.15) is 5.26 Å². The van der Waals surface area contributed by atoms with Gasteiger partial charge in [-0.25, -0.2) is 0 Å². The molecule has 0 radical (unpaired) electrons. The molecular weight excluding hydrogens is 918 g/mol. The van der Waals surface area contributed by atoms with Gasteiger partial charge in [0.05, 0.1) is 22.7 Å². The third kappa shape index (κ3) is 6.42. The smallest absolute Gasteiger partial charge is 0.333 e. The Bertz CT molecular complexity index is 4560. The van der Waals surface area contributed by atoms with E-state index < -0.39 is 0 Å². The lowest BCUT2D eigenvalue weighted by Crippen LogP contribution is -2.55. The lowest BCUT2D eigenvalue weighted by atomic mass is 9.45. The highest BCUT2D eigenvalue weighted by atomic mass is 15.0. The van der Waals surface area contributed by atoms with E-state index in [0.717, 1.165) is 5.56 Å². The Morgan fingerprint density at radius 1 is 0.382 bits per heavy atom. The summed E-state index contributed by atoms with van der Waals surface area (Å²) in [6.07, 6.45) is 0. The van der Waals surface area contributed by atoms with E-state index in [2.05, 4.69) is 231 Å². The van der Waals surface area contributed by atoms with Gasteiger partial charge in [0.2, 0.25) is 0 Å². The summed E-state index contributed by atoms with van der Waals surface area (Å²) in [5.74, 6) is 0. The molecule has 2 aliphatic rings. The van der Waals surface area contributed by atoms with Gasteiger partial charge in [0, 0.05) is 43.8 Å². The average molecular weight is 976 g/mol. The molecule has 0 fully saturated rings. The molecule has 4 heterocycles. The summed E-state index contributed by atoms with van der Waals surface area (Å²) >= 11 is 0. The van der Waals surface area contributed by atoms with E-state index in [4.69, 9.17) is 0 Å². The van der Waals surface area contributed by atoms with Crippen molar-refractivity contribution < 1.29 is 0 Å². The van der Waals surface area contributed by atoms with Gasteiger partial charge in [0.15, 0.2) is 0 Å². The topological polar surface area (TPSA) is 33.6 Å². The summed E-state index contributed by atoms with van der Waals surface area (Å²) in [6, 6.07) is 60.5. The molecule has 0 unspecified atom stereocenters. The molecule has 0 saturated carbocycles. The van der Waals surface area contributed by atoms with Gasteiger partial charge in [-0.15, -0.1) is 0 Å². The van der Waals surface area contributed by atoms with Crippen molar-refractivity contribution >= 4 is 61.4 Å². The summed E-state index contributed by atoms with van der Waals surface area (Å²) in [7, 11) is 0. The van der Waals surface area contributed by atoms with Crippen molar-refractivity contribution in [3.05, 3.63) is 218 Å². The SMILES string of the molecule is Cc1cc(C)c(-c2ccc3c(c2)c2cc(-c4c(C)cc(C)cc4C)cc4c2n3-c2cc(-c3ccc(C#N)cc3)c(C)c3c2B4n2c4ccc(-c5c(C)cccc5C)cc4c4cc(-c5c(C)cccc5C)cc-3c42)c(C)c1. The fourth-order valence-electron chi connectivity index (χ4n) is 14.7. The van der Waals surface area contributed by atoms with Gasteiger partial charge in [-0.1, -0.05) is 102 Å². The molecule has 0 N–H and O–H groups in total. The summed E-state index contributed by atoms with van der Waals surface area (Å²) in [4.78, 5) is 0. The van der Waals surface area contributed by atoms with Crippen LogP contribution >= 0.6 is 0 Å². The quantitative estimate of drug-likeness (QED) is 0.158. The number of aromatic nitrogens is 2. The van der Waals surface area contributed by atoms with Crippen LogP contribution in [0.1, 0.15) is 66.8 Å². The van der Waals surface area contributed by atoms with Crippen LogP contribution in [-0.4, -0.2) is 15.9 Å². The molecule has 0 spiro atoms. The second-order valence-electron chi connectivity index (χ2n) is 22.6. The molecule has 4 heteroatoms.